The molecule has 0 radical (unpaired) electrons. The van der Waals surface area contributed by atoms with Crippen molar-refractivity contribution in [1.82, 2.24) is 15.1 Å². The molecule has 0 saturated carbocycles. The number of nitrogens with one attached hydrogen (secondary N) is 1. The fourth-order valence-corrected chi connectivity index (χ4v) is 2.37. The third-order valence-corrected chi connectivity index (χ3v) is 3.89. The maximum Gasteiger partial charge on any atom is 0.167 e. The number of benzene rings is 1. The minimum atomic E-state index is -0.266. The molecule has 0 aliphatic heterocycles. The number of hydrogen-bond acceptors (Lipinski definition) is 5. The zero-order chi connectivity index (χ0) is 17.0. The molecule has 0 fully saturated rings. The van der Waals surface area contributed by atoms with Gasteiger partial charge < -0.3 is 10.2 Å². The highest BCUT2D eigenvalue weighted by Gasteiger charge is 2.17. The molecule has 2 aromatic rings. The van der Waals surface area contributed by atoms with Crippen molar-refractivity contribution in [3.05, 3.63) is 52.5 Å². The Morgan fingerprint density at radius 1 is 1.30 bits per heavy atom. The van der Waals surface area contributed by atoms with E-state index in [4.69, 9.17) is 0 Å². The van der Waals surface area contributed by atoms with Gasteiger partial charge in [0.1, 0.15) is 17.4 Å². The van der Waals surface area contributed by atoms with Crippen LogP contribution >= 0.6 is 0 Å². The highest BCUT2D eigenvalue weighted by Crippen LogP contribution is 2.22. The predicted molar refractivity (Wildman–Crippen MR) is 87.5 cm³/mol. The van der Waals surface area contributed by atoms with Gasteiger partial charge in [-0.15, -0.1) is 5.10 Å². The second-order valence-corrected chi connectivity index (χ2v) is 5.66. The summed E-state index contributed by atoms with van der Waals surface area (Å²) >= 11 is 0. The average Bonchev–Trinajstić information content (AvgIpc) is 2.51. The van der Waals surface area contributed by atoms with Crippen LogP contribution < -0.4 is 5.32 Å². The van der Waals surface area contributed by atoms with E-state index in [-0.39, 0.29) is 11.9 Å². The van der Waals surface area contributed by atoms with E-state index >= 15 is 0 Å². The van der Waals surface area contributed by atoms with Crippen molar-refractivity contribution in [2.75, 3.05) is 26.0 Å². The summed E-state index contributed by atoms with van der Waals surface area (Å²) in [4.78, 5) is 1.99. The number of nitrogens with zero attached hydrogens (tertiary/aromatic N) is 4. The molecule has 0 aliphatic carbocycles. The Labute approximate surface area is 135 Å². The third-order valence-electron chi connectivity index (χ3n) is 3.89. The summed E-state index contributed by atoms with van der Waals surface area (Å²) in [5, 5.41) is 20.6. The Morgan fingerprint density at radius 3 is 2.65 bits per heavy atom. The molecule has 1 N–H and O–H groups in total. The van der Waals surface area contributed by atoms with Crippen LogP contribution in [0.25, 0.3) is 0 Å². The number of aryl methyl sites for hydroxylation is 1. The molecule has 1 atom stereocenters. The predicted octanol–water partition coefficient (Wildman–Crippen LogP) is 2.82. The zero-order valence-corrected chi connectivity index (χ0v) is 13.8. The minimum absolute atomic E-state index is 0.0550. The van der Waals surface area contributed by atoms with Crippen LogP contribution in [0.5, 0.6) is 0 Å². The van der Waals surface area contributed by atoms with E-state index in [1.54, 1.807) is 6.07 Å². The third kappa shape index (κ3) is 3.82. The van der Waals surface area contributed by atoms with E-state index < -0.39 is 0 Å². The fraction of sp³-hybridized carbons (Fsp3) is 0.353. The first-order valence-electron chi connectivity index (χ1n) is 7.33. The lowest BCUT2D eigenvalue weighted by Gasteiger charge is -2.25. The highest BCUT2D eigenvalue weighted by molar-refractivity contribution is 5.55. The molecule has 1 unspecified atom stereocenters. The summed E-state index contributed by atoms with van der Waals surface area (Å²) < 4.78 is 13.5. The van der Waals surface area contributed by atoms with E-state index in [9.17, 15) is 9.65 Å². The lowest BCUT2D eigenvalue weighted by atomic mass is 10.1. The molecule has 0 amide bonds. The van der Waals surface area contributed by atoms with Gasteiger partial charge in [0.05, 0.1) is 11.7 Å². The van der Waals surface area contributed by atoms with Gasteiger partial charge in [0.15, 0.2) is 5.82 Å². The zero-order valence-electron chi connectivity index (χ0n) is 13.8. The Morgan fingerprint density at radius 2 is 2.04 bits per heavy atom. The van der Waals surface area contributed by atoms with Crippen molar-refractivity contribution in [2.45, 2.75) is 19.9 Å². The standard InChI is InChI=1S/C17H20FN5/c1-11-12(2)21-22-17(15(11)9-19)20-10-16(23(3)4)13-6-5-7-14(18)8-13/h5-8,16H,10H2,1-4H3,(H,20,22). The summed E-state index contributed by atoms with van der Waals surface area (Å²) in [5.74, 6) is 0.192. The molecule has 0 saturated heterocycles. The average molecular weight is 313 g/mol. The van der Waals surface area contributed by atoms with Crippen LogP contribution in [0.15, 0.2) is 24.3 Å². The summed E-state index contributed by atoms with van der Waals surface area (Å²) in [6.45, 7) is 4.16. The largest absolute Gasteiger partial charge is 0.366 e. The second kappa shape index (κ2) is 7.16. The van der Waals surface area contributed by atoms with Gasteiger partial charge in [-0.25, -0.2) is 4.39 Å². The Balaban J connectivity index is 2.24. The van der Waals surface area contributed by atoms with Crippen molar-refractivity contribution < 1.29 is 4.39 Å². The molecular weight excluding hydrogens is 293 g/mol. The van der Waals surface area contributed by atoms with Crippen LogP contribution in [0.1, 0.15) is 28.4 Å². The first-order chi connectivity index (χ1) is 10.9. The number of anilines is 1. The van der Waals surface area contributed by atoms with Crippen molar-refractivity contribution in [2.24, 2.45) is 0 Å². The highest BCUT2D eigenvalue weighted by atomic mass is 19.1. The van der Waals surface area contributed by atoms with E-state index in [2.05, 4.69) is 21.6 Å². The number of hydrogen-bond donors (Lipinski definition) is 1. The first-order valence-corrected chi connectivity index (χ1v) is 7.33. The van der Waals surface area contributed by atoms with Gasteiger partial charge in [0.25, 0.3) is 0 Å². The van der Waals surface area contributed by atoms with Crippen LogP contribution in [0.4, 0.5) is 10.2 Å². The topological polar surface area (TPSA) is 64.8 Å². The fourth-order valence-electron chi connectivity index (χ4n) is 2.37. The van der Waals surface area contributed by atoms with Gasteiger partial charge in [-0.2, -0.15) is 10.4 Å². The normalized spacial score (nSPS) is 12.0. The number of halogens is 1. The van der Waals surface area contributed by atoms with Crippen molar-refractivity contribution in [3.63, 3.8) is 0 Å². The Kier molecular flexibility index (Phi) is 5.24. The quantitative estimate of drug-likeness (QED) is 0.919. The first kappa shape index (κ1) is 16.8. The molecule has 5 nitrogen and oxygen atoms in total. The maximum absolute atomic E-state index is 13.5. The lowest BCUT2D eigenvalue weighted by molar-refractivity contribution is 0.311. The molecule has 6 heteroatoms. The summed E-state index contributed by atoms with van der Waals surface area (Å²) in [6, 6.07) is 8.63. The van der Waals surface area contributed by atoms with Gasteiger partial charge in [-0.05, 0) is 51.2 Å². The summed E-state index contributed by atoms with van der Waals surface area (Å²) in [6.07, 6.45) is 0. The molecular formula is C17H20FN5. The molecule has 120 valence electrons. The number of aromatic nitrogens is 2. The van der Waals surface area contributed by atoms with Gasteiger partial charge >= 0.3 is 0 Å². The maximum atomic E-state index is 13.5. The lowest BCUT2D eigenvalue weighted by Crippen LogP contribution is -2.27. The Hall–Kier alpha value is -2.52. The number of nitriles is 1. The van der Waals surface area contributed by atoms with Crippen LogP contribution in [0.3, 0.4) is 0 Å². The smallest absolute Gasteiger partial charge is 0.167 e. The molecule has 2 rings (SSSR count). The molecule has 23 heavy (non-hydrogen) atoms. The van der Waals surface area contributed by atoms with Crippen LogP contribution in [-0.2, 0) is 0 Å². The van der Waals surface area contributed by atoms with Crippen LogP contribution in [0, 0.1) is 31.0 Å². The number of rotatable bonds is 5. The molecule has 0 spiro atoms. The van der Waals surface area contributed by atoms with Gasteiger partial charge in [-0.3, -0.25) is 0 Å². The van der Waals surface area contributed by atoms with Crippen LogP contribution in [-0.4, -0.2) is 35.7 Å². The van der Waals surface area contributed by atoms with Gasteiger partial charge in [-0.1, -0.05) is 12.1 Å². The van der Waals surface area contributed by atoms with Crippen molar-refractivity contribution in [3.8, 4) is 6.07 Å². The van der Waals surface area contributed by atoms with E-state index in [1.165, 1.54) is 12.1 Å². The summed E-state index contributed by atoms with van der Waals surface area (Å²) in [7, 11) is 3.85. The number of likely N-dealkylation sites (N-methyl/N-ethyl adjacent to an activating group) is 1. The monoisotopic (exact) mass is 313 g/mol. The Bertz CT molecular complexity index is 736. The summed E-state index contributed by atoms with van der Waals surface area (Å²) in [5.41, 5.74) is 2.91. The van der Waals surface area contributed by atoms with Crippen molar-refractivity contribution >= 4 is 5.82 Å². The second-order valence-electron chi connectivity index (χ2n) is 5.66. The van der Waals surface area contributed by atoms with E-state index in [0.29, 0.717) is 17.9 Å². The molecule has 1 aromatic heterocycles. The van der Waals surface area contributed by atoms with E-state index in [0.717, 1.165) is 16.8 Å². The van der Waals surface area contributed by atoms with Crippen molar-refractivity contribution in [1.29, 1.82) is 5.26 Å². The minimum Gasteiger partial charge on any atom is -0.366 e. The molecule has 0 bridgehead atoms. The molecule has 1 heterocycles. The van der Waals surface area contributed by atoms with Gasteiger partial charge in [0, 0.05) is 6.54 Å². The molecule has 0 aliphatic rings. The van der Waals surface area contributed by atoms with Crippen LogP contribution in [0.2, 0.25) is 0 Å². The van der Waals surface area contributed by atoms with Gasteiger partial charge in [0.2, 0.25) is 0 Å². The SMILES string of the molecule is Cc1nnc(NCC(c2cccc(F)c2)N(C)C)c(C#N)c1C. The molecule has 1 aromatic carbocycles. The van der Waals surface area contributed by atoms with E-state index in [1.807, 2.05) is 38.9 Å².